The summed E-state index contributed by atoms with van der Waals surface area (Å²) >= 11 is 3.44. The number of anilines is 1. The maximum Gasteiger partial charge on any atom is 0.137 e. The zero-order valence-electron chi connectivity index (χ0n) is 11.6. The van der Waals surface area contributed by atoms with Crippen LogP contribution in [0.25, 0.3) is 0 Å². The van der Waals surface area contributed by atoms with E-state index >= 15 is 0 Å². The fourth-order valence-electron chi connectivity index (χ4n) is 1.25. The van der Waals surface area contributed by atoms with Crippen LogP contribution in [-0.2, 0) is 5.41 Å². The predicted octanol–water partition coefficient (Wildman–Crippen LogP) is 4.14. The van der Waals surface area contributed by atoms with Gasteiger partial charge in [0.1, 0.15) is 16.2 Å². The van der Waals surface area contributed by atoms with Crippen molar-refractivity contribution < 1.29 is 0 Å². The Morgan fingerprint density at radius 3 is 2.24 bits per heavy atom. The summed E-state index contributed by atoms with van der Waals surface area (Å²) in [5.41, 5.74) is -0.000481. The van der Waals surface area contributed by atoms with Crippen LogP contribution in [0.5, 0.6) is 0 Å². The lowest BCUT2D eigenvalue weighted by molar-refractivity contribution is 0.529. The van der Waals surface area contributed by atoms with Crippen molar-refractivity contribution >= 4 is 21.7 Å². The van der Waals surface area contributed by atoms with Crippen LogP contribution in [-0.4, -0.2) is 15.5 Å². The van der Waals surface area contributed by atoms with Gasteiger partial charge in [-0.15, -0.1) is 0 Å². The molecule has 0 aromatic carbocycles. The highest BCUT2D eigenvalue weighted by Gasteiger charge is 2.21. The first kappa shape index (κ1) is 14.4. The predicted molar refractivity (Wildman–Crippen MR) is 76.4 cm³/mol. The lowest BCUT2D eigenvalue weighted by Gasteiger charge is -2.26. The zero-order valence-corrected chi connectivity index (χ0v) is 13.1. The van der Waals surface area contributed by atoms with Crippen molar-refractivity contribution in [3.05, 3.63) is 16.5 Å². The van der Waals surface area contributed by atoms with Crippen molar-refractivity contribution in [1.29, 1.82) is 0 Å². The highest BCUT2D eigenvalue weighted by molar-refractivity contribution is 9.10. The number of halogens is 1. The van der Waals surface area contributed by atoms with Crippen LogP contribution in [0.3, 0.4) is 0 Å². The zero-order chi connectivity index (χ0) is 13.3. The van der Waals surface area contributed by atoms with Crippen molar-refractivity contribution in [1.82, 2.24) is 9.97 Å². The molecular weight excluding hydrogens is 278 g/mol. The minimum Gasteiger partial charge on any atom is -0.365 e. The standard InChI is InChI=1S/C13H22BrN3/c1-7-13(5,6)17-10-8-9(14)15-11(16-10)12(2,3)4/h8H,7H2,1-6H3,(H,15,16,17). The van der Waals surface area contributed by atoms with Gasteiger partial charge in [0, 0.05) is 17.0 Å². The molecule has 0 spiro atoms. The molecule has 0 aliphatic heterocycles. The second-order valence-corrected chi connectivity index (χ2v) is 6.82. The second-order valence-electron chi connectivity index (χ2n) is 6.01. The molecule has 1 aromatic heterocycles. The van der Waals surface area contributed by atoms with Crippen molar-refractivity contribution in [3.8, 4) is 0 Å². The van der Waals surface area contributed by atoms with Gasteiger partial charge in [-0.05, 0) is 36.2 Å². The summed E-state index contributed by atoms with van der Waals surface area (Å²) in [6.45, 7) is 12.8. The van der Waals surface area contributed by atoms with Gasteiger partial charge in [-0.25, -0.2) is 9.97 Å². The van der Waals surface area contributed by atoms with Gasteiger partial charge in [0.15, 0.2) is 0 Å². The molecule has 0 aliphatic carbocycles. The van der Waals surface area contributed by atoms with Gasteiger partial charge in [-0.1, -0.05) is 27.7 Å². The third-order valence-electron chi connectivity index (χ3n) is 2.72. The smallest absolute Gasteiger partial charge is 0.137 e. The average Bonchev–Trinajstić information content (AvgIpc) is 2.14. The average molecular weight is 300 g/mol. The van der Waals surface area contributed by atoms with E-state index in [9.17, 15) is 0 Å². The molecule has 0 aliphatic rings. The summed E-state index contributed by atoms with van der Waals surface area (Å²) in [6.07, 6.45) is 1.04. The van der Waals surface area contributed by atoms with E-state index in [0.717, 1.165) is 22.7 Å². The van der Waals surface area contributed by atoms with E-state index in [1.54, 1.807) is 0 Å². The molecular formula is C13H22BrN3. The van der Waals surface area contributed by atoms with Gasteiger partial charge in [-0.3, -0.25) is 0 Å². The molecule has 1 aromatic rings. The van der Waals surface area contributed by atoms with Gasteiger partial charge in [-0.2, -0.15) is 0 Å². The molecule has 96 valence electrons. The Labute approximate surface area is 113 Å². The van der Waals surface area contributed by atoms with Gasteiger partial charge in [0.25, 0.3) is 0 Å². The molecule has 1 rings (SSSR count). The maximum absolute atomic E-state index is 4.59. The third kappa shape index (κ3) is 4.26. The highest BCUT2D eigenvalue weighted by Crippen LogP contribution is 2.24. The largest absolute Gasteiger partial charge is 0.365 e. The molecule has 0 fully saturated rings. The summed E-state index contributed by atoms with van der Waals surface area (Å²) in [5, 5.41) is 3.44. The molecule has 0 saturated heterocycles. The van der Waals surface area contributed by atoms with E-state index in [1.165, 1.54) is 0 Å². The number of nitrogens with zero attached hydrogens (tertiary/aromatic N) is 2. The first-order valence-corrected chi connectivity index (χ1v) is 6.76. The first-order chi connectivity index (χ1) is 7.64. The van der Waals surface area contributed by atoms with Gasteiger partial charge >= 0.3 is 0 Å². The molecule has 0 unspecified atom stereocenters. The fraction of sp³-hybridized carbons (Fsp3) is 0.692. The molecule has 17 heavy (non-hydrogen) atoms. The Bertz CT molecular complexity index is 394. The molecule has 0 radical (unpaired) electrons. The number of aromatic nitrogens is 2. The van der Waals surface area contributed by atoms with Crippen molar-refractivity contribution in [2.24, 2.45) is 0 Å². The van der Waals surface area contributed by atoms with Gasteiger partial charge < -0.3 is 5.32 Å². The molecule has 0 atom stereocenters. The van der Waals surface area contributed by atoms with Crippen LogP contribution in [0.15, 0.2) is 10.7 Å². The summed E-state index contributed by atoms with van der Waals surface area (Å²) in [5.74, 6) is 1.73. The summed E-state index contributed by atoms with van der Waals surface area (Å²) in [6, 6.07) is 1.92. The summed E-state index contributed by atoms with van der Waals surface area (Å²) in [7, 11) is 0. The first-order valence-electron chi connectivity index (χ1n) is 5.97. The van der Waals surface area contributed by atoms with E-state index < -0.39 is 0 Å². The second kappa shape index (κ2) is 4.92. The topological polar surface area (TPSA) is 37.8 Å². The monoisotopic (exact) mass is 299 g/mol. The number of rotatable bonds is 3. The number of hydrogen-bond donors (Lipinski definition) is 1. The molecule has 1 N–H and O–H groups in total. The maximum atomic E-state index is 4.59. The normalized spacial score (nSPS) is 12.6. The van der Waals surface area contributed by atoms with E-state index in [-0.39, 0.29) is 11.0 Å². The van der Waals surface area contributed by atoms with Crippen LogP contribution >= 0.6 is 15.9 Å². The number of hydrogen-bond acceptors (Lipinski definition) is 3. The van der Waals surface area contributed by atoms with E-state index in [4.69, 9.17) is 0 Å². The SMILES string of the molecule is CCC(C)(C)Nc1cc(Br)nc(C(C)(C)C)n1. The molecule has 4 heteroatoms. The van der Waals surface area contributed by atoms with E-state index in [1.807, 2.05) is 6.07 Å². The van der Waals surface area contributed by atoms with E-state index in [2.05, 4.69) is 72.8 Å². The lowest BCUT2D eigenvalue weighted by atomic mass is 9.96. The van der Waals surface area contributed by atoms with Crippen LogP contribution < -0.4 is 5.32 Å². The minimum atomic E-state index is -0.0451. The molecule has 1 heterocycles. The Balaban J connectivity index is 3.06. The Morgan fingerprint density at radius 1 is 1.18 bits per heavy atom. The quantitative estimate of drug-likeness (QED) is 0.853. The highest BCUT2D eigenvalue weighted by atomic mass is 79.9. The Hall–Kier alpha value is -0.640. The summed E-state index contributed by atoms with van der Waals surface area (Å²) in [4.78, 5) is 9.01. The Morgan fingerprint density at radius 2 is 1.76 bits per heavy atom. The lowest BCUT2D eigenvalue weighted by Crippen LogP contribution is -2.30. The van der Waals surface area contributed by atoms with Crippen LogP contribution in [0.2, 0.25) is 0 Å². The van der Waals surface area contributed by atoms with E-state index in [0.29, 0.717) is 0 Å². The van der Waals surface area contributed by atoms with Crippen molar-refractivity contribution in [2.45, 2.75) is 58.9 Å². The molecule has 0 saturated carbocycles. The Kier molecular flexibility index (Phi) is 4.18. The minimum absolute atomic E-state index is 0.0446. The van der Waals surface area contributed by atoms with Crippen LogP contribution in [0.1, 0.15) is 53.8 Å². The van der Waals surface area contributed by atoms with Crippen LogP contribution in [0, 0.1) is 0 Å². The van der Waals surface area contributed by atoms with Crippen LogP contribution in [0.4, 0.5) is 5.82 Å². The third-order valence-corrected chi connectivity index (χ3v) is 3.12. The van der Waals surface area contributed by atoms with Crippen molar-refractivity contribution in [2.75, 3.05) is 5.32 Å². The summed E-state index contributed by atoms with van der Waals surface area (Å²) < 4.78 is 0.826. The van der Waals surface area contributed by atoms with Gasteiger partial charge in [0.2, 0.25) is 0 Å². The molecule has 0 bridgehead atoms. The van der Waals surface area contributed by atoms with Crippen molar-refractivity contribution in [3.63, 3.8) is 0 Å². The van der Waals surface area contributed by atoms with Gasteiger partial charge in [0.05, 0.1) is 0 Å². The molecule has 0 amide bonds. The molecule has 3 nitrogen and oxygen atoms in total. The number of nitrogens with one attached hydrogen (secondary N) is 1. The fourth-order valence-corrected chi connectivity index (χ4v) is 1.64.